The first-order chi connectivity index (χ1) is 20.0. The van der Waals surface area contributed by atoms with E-state index >= 15 is 0 Å². The molecule has 0 aliphatic carbocycles. The normalized spacial score (nSPS) is 16.2. The molecule has 0 radical (unpaired) electrons. The number of hydrogen-bond acceptors (Lipinski definition) is 5. The maximum atomic E-state index is 13.9. The molecule has 4 rings (SSSR count). The van der Waals surface area contributed by atoms with Crippen molar-refractivity contribution < 1.29 is 19.1 Å². The predicted octanol–water partition coefficient (Wildman–Crippen LogP) is 6.68. The molecule has 1 heterocycles. The molecule has 224 valence electrons. The number of rotatable bonds is 11. The SMILES string of the molecule is CCC(C)Oc1cc2c(cc1OC)CC(=O)N(c1ccc(C(C)N(CCN(C)C)C(C)=O)cc1)C2c1ccc(Cl)cc1. The second kappa shape index (κ2) is 13.6. The van der Waals surface area contributed by atoms with Crippen LogP contribution in [0.4, 0.5) is 5.69 Å². The van der Waals surface area contributed by atoms with Crippen molar-refractivity contribution in [3.05, 3.63) is 87.9 Å². The van der Waals surface area contributed by atoms with E-state index in [4.69, 9.17) is 21.1 Å². The van der Waals surface area contributed by atoms with E-state index in [-0.39, 0.29) is 36.4 Å². The summed E-state index contributed by atoms with van der Waals surface area (Å²) in [7, 11) is 5.62. The van der Waals surface area contributed by atoms with Gasteiger partial charge in [0.1, 0.15) is 0 Å². The number of ether oxygens (including phenoxy) is 2. The molecule has 8 heteroatoms. The molecule has 3 aromatic rings. The van der Waals surface area contributed by atoms with Crippen LogP contribution in [-0.4, -0.2) is 62.0 Å². The Bertz CT molecular complexity index is 1390. The summed E-state index contributed by atoms with van der Waals surface area (Å²) in [4.78, 5) is 32.1. The predicted molar refractivity (Wildman–Crippen MR) is 169 cm³/mol. The number of benzene rings is 3. The van der Waals surface area contributed by atoms with Gasteiger partial charge in [-0.1, -0.05) is 42.8 Å². The third-order valence-corrected chi connectivity index (χ3v) is 8.24. The molecule has 3 unspecified atom stereocenters. The minimum atomic E-state index is -0.388. The van der Waals surface area contributed by atoms with E-state index < -0.39 is 0 Å². The number of hydrogen-bond donors (Lipinski definition) is 0. The van der Waals surface area contributed by atoms with Gasteiger partial charge in [0.25, 0.3) is 0 Å². The highest BCUT2D eigenvalue weighted by Gasteiger charge is 2.36. The fraction of sp³-hybridized carbons (Fsp3) is 0.412. The Morgan fingerprint density at radius 2 is 1.69 bits per heavy atom. The van der Waals surface area contributed by atoms with Crippen molar-refractivity contribution in [2.45, 2.75) is 58.7 Å². The second-order valence-corrected chi connectivity index (χ2v) is 11.7. The minimum Gasteiger partial charge on any atom is -0.493 e. The van der Waals surface area contributed by atoms with Crippen molar-refractivity contribution in [2.24, 2.45) is 0 Å². The summed E-state index contributed by atoms with van der Waals surface area (Å²) in [6.45, 7) is 9.17. The summed E-state index contributed by atoms with van der Waals surface area (Å²) < 4.78 is 11.9. The standard InChI is InChI=1S/C34H42ClN3O4/c1-8-22(2)42-32-21-30-27(19-31(32)41-7)20-33(40)38(34(30)26-9-13-28(35)14-10-26)29-15-11-25(12-16-29)23(3)37(24(4)39)18-17-36(5)6/h9-16,19,21-23,34H,8,17-18,20H2,1-7H3. The smallest absolute Gasteiger partial charge is 0.232 e. The van der Waals surface area contributed by atoms with Gasteiger partial charge in [0, 0.05) is 30.7 Å². The molecule has 0 spiro atoms. The monoisotopic (exact) mass is 591 g/mol. The number of halogens is 1. The molecule has 0 bridgehead atoms. The quantitative estimate of drug-likeness (QED) is 0.249. The number of fused-ring (bicyclic) bond motifs is 1. The summed E-state index contributed by atoms with van der Waals surface area (Å²) in [5.41, 5.74) is 4.63. The van der Waals surface area contributed by atoms with Gasteiger partial charge >= 0.3 is 0 Å². The molecule has 0 aromatic heterocycles. The zero-order valence-electron chi connectivity index (χ0n) is 25.7. The van der Waals surface area contributed by atoms with Crippen molar-refractivity contribution in [2.75, 3.05) is 39.2 Å². The summed E-state index contributed by atoms with van der Waals surface area (Å²) in [5, 5.41) is 0.630. The number of amides is 2. The molecule has 3 atom stereocenters. The van der Waals surface area contributed by atoms with E-state index in [0.29, 0.717) is 23.1 Å². The molecule has 0 saturated carbocycles. The highest BCUT2D eigenvalue weighted by molar-refractivity contribution is 6.30. The van der Waals surface area contributed by atoms with Gasteiger partial charge in [0.05, 0.1) is 31.7 Å². The molecule has 3 aromatic carbocycles. The third-order valence-electron chi connectivity index (χ3n) is 7.99. The van der Waals surface area contributed by atoms with E-state index in [0.717, 1.165) is 40.9 Å². The van der Waals surface area contributed by atoms with Crippen molar-refractivity contribution in [1.29, 1.82) is 0 Å². The molecular weight excluding hydrogens is 550 g/mol. The second-order valence-electron chi connectivity index (χ2n) is 11.2. The zero-order chi connectivity index (χ0) is 30.6. The highest BCUT2D eigenvalue weighted by Crippen LogP contribution is 2.44. The lowest BCUT2D eigenvalue weighted by atomic mass is 9.86. The largest absolute Gasteiger partial charge is 0.493 e. The number of likely N-dealkylation sites (N-methyl/N-ethyl adjacent to an activating group) is 1. The lowest BCUT2D eigenvalue weighted by Crippen LogP contribution is -2.41. The number of methoxy groups -OCH3 is 1. The molecule has 1 aliphatic rings. The Morgan fingerprint density at radius 3 is 2.26 bits per heavy atom. The van der Waals surface area contributed by atoms with Gasteiger partial charge in [-0.2, -0.15) is 0 Å². The molecule has 7 nitrogen and oxygen atoms in total. The van der Waals surface area contributed by atoms with Crippen LogP contribution in [0.3, 0.4) is 0 Å². The maximum absolute atomic E-state index is 13.9. The Kier molecular flexibility index (Phi) is 10.2. The first-order valence-electron chi connectivity index (χ1n) is 14.5. The third kappa shape index (κ3) is 6.90. The average molecular weight is 592 g/mol. The number of nitrogens with zero attached hydrogens (tertiary/aromatic N) is 3. The average Bonchev–Trinajstić information content (AvgIpc) is 2.96. The van der Waals surface area contributed by atoms with Crippen LogP contribution in [-0.2, 0) is 16.0 Å². The topological polar surface area (TPSA) is 62.3 Å². The number of anilines is 1. The van der Waals surface area contributed by atoms with Gasteiger partial charge in [0.15, 0.2) is 11.5 Å². The first kappa shape index (κ1) is 31.4. The Hall–Kier alpha value is -3.55. The van der Waals surface area contributed by atoms with Crippen molar-refractivity contribution in [3.63, 3.8) is 0 Å². The Balaban J connectivity index is 1.76. The van der Waals surface area contributed by atoms with Gasteiger partial charge in [-0.15, -0.1) is 0 Å². The molecular formula is C34H42ClN3O4. The van der Waals surface area contributed by atoms with Crippen molar-refractivity contribution in [3.8, 4) is 11.5 Å². The van der Waals surface area contributed by atoms with E-state index in [2.05, 4.69) is 11.8 Å². The summed E-state index contributed by atoms with van der Waals surface area (Å²) >= 11 is 6.26. The van der Waals surface area contributed by atoms with Gasteiger partial charge in [-0.05, 0) is 93.0 Å². The summed E-state index contributed by atoms with van der Waals surface area (Å²) in [6, 6.07) is 19.1. The van der Waals surface area contributed by atoms with E-state index in [1.165, 1.54) is 0 Å². The Morgan fingerprint density at radius 1 is 1.02 bits per heavy atom. The lowest BCUT2D eigenvalue weighted by Gasteiger charge is -2.38. The number of carbonyl (C=O) groups excluding carboxylic acids is 2. The molecule has 2 amide bonds. The van der Waals surface area contributed by atoms with Crippen LogP contribution in [0.25, 0.3) is 0 Å². The molecule has 0 N–H and O–H groups in total. The highest BCUT2D eigenvalue weighted by atomic mass is 35.5. The molecule has 0 saturated heterocycles. The van der Waals surface area contributed by atoms with Crippen LogP contribution in [0.2, 0.25) is 5.02 Å². The first-order valence-corrected chi connectivity index (χ1v) is 14.9. The van der Waals surface area contributed by atoms with Crippen LogP contribution in [0.5, 0.6) is 11.5 Å². The fourth-order valence-corrected chi connectivity index (χ4v) is 5.53. The van der Waals surface area contributed by atoms with Gasteiger partial charge < -0.3 is 24.2 Å². The fourth-order valence-electron chi connectivity index (χ4n) is 5.40. The van der Waals surface area contributed by atoms with Gasteiger partial charge in [0.2, 0.25) is 11.8 Å². The summed E-state index contributed by atoms with van der Waals surface area (Å²) in [6.07, 6.45) is 1.10. The number of carbonyl (C=O) groups is 2. The van der Waals surface area contributed by atoms with Crippen LogP contribution in [0, 0.1) is 0 Å². The van der Waals surface area contributed by atoms with Crippen molar-refractivity contribution >= 4 is 29.1 Å². The molecule has 1 aliphatic heterocycles. The lowest BCUT2D eigenvalue weighted by molar-refractivity contribution is -0.131. The molecule has 0 fully saturated rings. The van der Waals surface area contributed by atoms with Crippen LogP contribution < -0.4 is 14.4 Å². The van der Waals surface area contributed by atoms with Crippen LogP contribution in [0.15, 0.2) is 60.7 Å². The maximum Gasteiger partial charge on any atom is 0.232 e. The Labute approximate surface area is 255 Å². The van der Waals surface area contributed by atoms with Gasteiger partial charge in [-0.25, -0.2) is 0 Å². The van der Waals surface area contributed by atoms with E-state index in [1.54, 1.807) is 14.0 Å². The minimum absolute atomic E-state index is 0.00841. The van der Waals surface area contributed by atoms with E-state index in [9.17, 15) is 9.59 Å². The summed E-state index contributed by atoms with van der Waals surface area (Å²) in [5.74, 6) is 1.29. The van der Waals surface area contributed by atoms with Crippen LogP contribution in [0.1, 0.15) is 68.5 Å². The van der Waals surface area contributed by atoms with Gasteiger partial charge in [-0.3, -0.25) is 9.59 Å². The van der Waals surface area contributed by atoms with Crippen molar-refractivity contribution in [1.82, 2.24) is 9.80 Å². The van der Waals surface area contributed by atoms with Crippen LogP contribution >= 0.6 is 11.6 Å². The van der Waals surface area contributed by atoms with E-state index in [1.807, 2.05) is 98.4 Å². The molecule has 42 heavy (non-hydrogen) atoms. The zero-order valence-corrected chi connectivity index (χ0v) is 26.4.